The Morgan fingerprint density at radius 1 is 0.885 bits per heavy atom. The Hall–Kier alpha value is -0.970. The molecule has 26 heavy (non-hydrogen) atoms. The van der Waals surface area contributed by atoms with Crippen molar-refractivity contribution in [3.05, 3.63) is 29.6 Å². The summed E-state index contributed by atoms with van der Waals surface area (Å²) in [5.74, 6) is 0. The van der Waals surface area contributed by atoms with Crippen molar-refractivity contribution in [2.75, 3.05) is 45.9 Å². The lowest BCUT2D eigenvalue weighted by molar-refractivity contribution is -0.00128. The van der Waals surface area contributed by atoms with E-state index in [0.717, 1.165) is 31.7 Å². The summed E-state index contributed by atoms with van der Waals surface area (Å²) in [6.45, 7) is 21.0. The van der Waals surface area contributed by atoms with Gasteiger partial charge in [-0.15, -0.1) is 0 Å². The number of piperazine rings is 1. The SMILES string of the molecule is CC(C)(C)CN1CCN(CCc2cccc(CCOC(C)(C)C)n2)CC1. The molecule has 0 unspecified atom stereocenters. The summed E-state index contributed by atoms with van der Waals surface area (Å²) < 4.78 is 5.82. The Balaban J connectivity index is 1.72. The highest BCUT2D eigenvalue weighted by molar-refractivity contribution is 5.12. The van der Waals surface area contributed by atoms with Crippen LogP contribution in [0.15, 0.2) is 18.2 Å². The van der Waals surface area contributed by atoms with Crippen molar-refractivity contribution < 1.29 is 4.74 Å². The minimum atomic E-state index is -0.0766. The molecule has 0 N–H and O–H groups in total. The number of hydrogen-bond acceptors (Lipinski definition) is 4. The molecule has 1 aromatic heterocycles. The van der Waals surface area contributed by atoms with E-state index >= 15 is 0 Å². The highest BCUT2D eigenvalue weighted by Gasteiger charge is 2.21. The van der Waals surface area contributed by atoms with E-state index in [0.29, 0.717) is 5.41 Å². The molecule has 0 amide bonds. The molecular weight excluding hydrogens is 322 g/mol. The lowest BCUT2D eigenvalue weighted by Gasteiger charge is -2.37. The molecule has 0 aliphatic carbocycles. The molecule has 0 spiro atoms. The molecule has 1 fully saturated rings. The van der Waals surface area contributed by atoms with Crippen LogP contribution in [0, 0.1) is 5.41 Å². The number of ether oxygens (including phenoxy) is 1. The predicted octanol–water partition coefficient (Wildman–Crippen LogP) is 3.65. The van der Waals surface area contributed by atoms with Gasteiger partial charge < -0.3 is 14.5 Å². The van der Waals surface area contributed by atoms with Gasteiger partial charge in [0.2, 0.25) is 0 Å². The van der Waals surface area contributed by atoms with Gasteiger partial charge in [-0.3, -0.25) is 4.98 Å². The minimum Gasteiger partial charge on any atom is -0.375 e. The van der Waals surface area contributed by atoms with Crippen LogP contribution in [0.3, 0.4) is 0 Å². The fourth-order valence-electron chi connectivity index (χ4n) is 3.38. The molecule has 0 atom stereocenters. The fraction of sp³-hybridized carbons (Fsp3) is 0.773. The number of rotatable bonds is 7. The molecule has 4 heteroatoms. The number of pyridine rings is 1. The average Bonchev–Trinajstić information content (AvgIpc) is 2.52. The molecule has 1 aliphatic rings. The Morgan fingerprint density at radius 3 is 2.04 bits per heavy atom. The van der Waals surface area contributed by atoms with Gasteiger partial charge in [-0.2, -0.15) is 0 Å². The molecule has 1 aromatic rings. The molecule has 1 saturated heterocycles. The summed E-state index contributed by atoms with van der Waals surface area (Å²) in [6.07, 6.45) is 1.92. The van der Waals surface area contributed by atoms with Crippen LogP contribution >= 0.6 is 0 Å². The lowest BCUT2D eigenvalue weighted by atomic mass is 9.96. The molecule has 2 heterocycles. The highest BCUT2D eigenvalue weighted by atomic mass is 16.5. The summed E-state index contributed by atoms with van der Waals surface area (Å²) in [5.41, 5.74) is 2.66. The van der Waals surface area contributed by atoms with E-state index in [-0.39, 0.29) is 5.60 Å². The monoisotopic (exact) mass is 361 g/mol. The topological polar surface area (TPSA) is 28.6 Å². The third kappa shape index (κ3) is 8.61. The molecule has 0 aromatic carbocycles. The molecule has 0 radical (unpaired) electrons. The molecule has 0 bridgehead atoms. The first-order chi connectivity index (χ1) is 12.1. The predicted molar refractivity (Wildman–Crippen MR) is 110 cm³/mol. The van der Waals surface area contributed by atoms with Gasteiger partial charge in [0.05, 0.1) is 12.2 Å². The summed E-state index contributed by atoms with van der Waals surface area (Å²) >= 11 is 0. The zero-order valence-electron chi connectivity index (χ0n) is 17.8. The number of nitrogens with zero attached hydrogens (tertiary/aromatic N) is 3. The van der Waals surface area contributed by atoms with Crippen LogP contribution in [0.25, 0.3) is 0 Å². The Labute approximate surface area is 160 Å². The molecular formula is C22H39N3O. The molecule has 2 rings (SSSR count). The Bertz CT molecular complexity index is 537. The molecule has 4 nitrogen and oxygen atoms in total. The summed E-state index contributed by atoms with van der Waals surface area (Å²) in [5, 5.41) is 0. The maximum atomic E-state index is 5.82. The van der Waals surface area contributed by atoms with Crippen LogP contribution < -0.4 is 0 Å². The normalized spacial score (nSPS) is 17.6. The largest absolute Gasteiger partial charge is 0.375 e. The van der Waals surface area contributed by atoms with E-state index < -0.39 is 0 Å². The number of aromatic nitrogens is 1. The maximum Gasteiger partial charge on any atom is 0.0598 e. The van der Waals surface area contributed by atoms with Gasteiger partial charge in [-0.1, -0.05) is 26.8 Å². The van der Waals surface area contributed by atoms with Crippen molar-refractivity contribution in [2.45, 2.75) is 60.0 Å². The van der Waals surface area contributed by atoms with Crippen molar-refractivity contribution in [3.8, 4) is 0 Å². The molecule has 148 valence electrons. The molecule has 0 saturated carbocycles. The van der Waals surface area contributed by atoms with Gasteiger partial charge in [0.1, 0.15) is 0 Å². The smallest absolute Gasteiger partial charge is 0.0598 e. The standard InChI is InChI=1S/C22H39N3O/c1-21(2,3)18-25-15-13-24(14-16-25)12-10-19-8-7-9-20(23-19)11-17-26-22(4,5)6/h7-9H,10-18H2,1-6H3. The van der Waals surface area contributed by atoms with Gasteiger partial charge in [0, 0.05) is 63.5 Å². The molecule has 1 aliphatic heterocycles. The van der Waals surface area contributed by atoms with Crippen LogP contribution in [0.1, 0.15) is 52.9 Å². The van der Waals surface area contributed by atoms with Crippen molar-refractivity contribution >= 4 is 0 Å². The third-order valence-electron chi connectivity index (χ3n) is 4.60. The van der Waals surface area contributed by atoms with E-state index in [4.69, 9.17) is 9.72 Å². The zero-order chi connectivity index (χ0) is 19.2. The second-order valence-corrected chi connectivity index (χ2v) is 9.76. The van der Waals surface area contributed by atoms with E-state index in [1.807, 2.05) is 0 Å². The maximum absolute atomic E-state index is 5.82. The highest BCUT2D eigenvalue weighted by Crippen LogP contribution is 2.16. The quantitative estimate of drug-likeness (QED) is 0.741. The first-order valence-corrected chi connectivity index (χ1v) is 10.1. The first kappa shape index (κ1) is 21.3. The van der Waals surface area contributed by atoms with Gasteiger partial charge in [-0.25, -0.2) is 0 Å². The summed E-state index contributed by atoms with van der Waals surface area (Å²) in [6, 6.07) is 6.40. The van der Waals surface area contributed by atoms with Crippen molar-refractivity contribution in [3.63, 3.8) is 0 Å². The van der Waals surface area contributed by atoms with Crippen molar-refractivity contribution in [1.82, 2.24) is 14.8 Å². The van der Waals surface area contributed by atoms with Crippen LogP contribution in [-0.2, 0) is 17.6 Å². The van der Waals surface area contributed by atoms with E-state index in [1.165, 1.54) is 38.4 Å². The zero-order valence-corrected chi connectivity index (χ0v) is 17.8. The van der Waals surface area contributed by atoms with Gasteiger partial charge in [0.25, 0.3) is 0 Å². The fourth-order valence-corrected chi connectivity index (χ4v) is 3.38. The lowest BCUT2D eigenvalue weighted by Crippen LogP contribution is -2.49. The van der Waals surface area contributed by atoms with Gasteiger partial charge >= 0.3 is 0 Å². The van der Waals surface area contributed by atoms with E-state index in [9.17, 15) is 0 Å². The van der Waals surface area contributed by atoms with E-state index in [2.05, 4.69) is 69.5 Å². The second kappa shape index (κ2) is 9.29. The van der Waals surface area contributed by atoms with E-state index in [1.54, 1.807) is 0 Å². The Kier molecular flexibility index (Phi) is 7.63. The van der Waals surface area contributed by atoms with Gasteiger partial charge in [-0.05, 0) is 38.3 Å². The first-order valence-electron chi connectivity index (χ1n) is 10.1. The van der Waals surface area contributed by atoms with Gasteiger partial charge in [0.15, 0.2) is 0 Å². The average molecular weight is 362 g/mol. The van der Waals surface area contributed by atoms with Crippen LogP contribution in [0.2, 0.25) is 0 Å². The van der Waals surface area contributed by atoms with Crippen LogP contribution in [0.5, 0.6) is 0 Å². The Morgan fingerprint density at radius 2 is 1.46 bits per heavy atom. The van der Waals surface area contributed by atoms with Crippen molar-refractivity contribution in [2.24, 2.45) is 5.41 Å². The van der Waals surface area contributed by atoms with Crippen LogP contribution in [0.4, 0.5) is 0 Å². The third-order valence-corrected chi connectivity index (χ3v) is 4.60. The summed E-state index contributed by atoms with van der Waals surface area (Å²) in [4.78, 5) is 10.0. The number of hydrogen-bond donors (Lipinski definition) is 0. The second-order valence-electron chi connectivity index (χ2n) is 9.76. The summed E-state index contributed by atoms with van der Waals surface area (Å²) in [7, 11) is 0. The minimum absolute atomic E-state index is 0.0766. The van der Waals surface area contributed by atoms with Crippen LogP contribution in [-0.4, -0.2) is 66.3 Å². The van der Waals surface area contributed by atoms with Crippen molar-refractivity contribution in [1.29, 1.82) is 0 Å².